The van der Waals surface area contributed by atoms with Crippen LogP contribution in [0.4, 0.5) is 0 Å². The highest BCUT2D eigenvalue weighted by Gasteiger charge is 2.05. The fraction of sp³-hybridized carbons (Fsp3) is 0.0870. The van der Waals surface area contributed by atoms with Crippen LogP contribution in [0, 0.1) is 0 Å². The first-order valence-corrected chi connectivity index (χ1v) is 10.7. The Kier molecular flexibility index (Phi) is 8.09. The highest BCUT2D eigenvalue weighted by molar-refractivity contribution is 7.98. The topological polar surface area (TPSA) is 93.8 Å². The number of rotatable bonds is 9. The number of nitrogens with zero attached hydrogens (tertiary/aromatic N) is 1. The molecule has 0 aliphatic carbocycles. The zero-order chi connectivity index (χ0) is 22.1. The van der Waals surface area contributed by atoms with Gasteiger partial charge in [0.05, 0.1) is 6.21 Å². The first kappa shape index (κ1) is 22.4. The molecule has 0 spiro atoms. The monoisotopic (exact) mass is 453 g/mol. The fourth-order valence-electron chi connectivity index (χ4n) is 2.48. The lowest BCUT2D eigenvalue weighted by Gasteiger charge is -2.05. The molecule has 0 aliphatic rings. The number of carbonyl (C=O) groups is 2. The summed E-state index contributed by atoms with van der Waals surface area (Å²) in [7, 11) is 0. The molecule has 2 amide bonds. The number of nitrogens with one attached hydrogen (secondary N) is 1. The molecular formula is C23H20ClN3O3S. The van der Waals surface area contributed by atoms with Crippen molar-refractivity contribution >= 4 is 41.4 Å². The third-order valence-corrected chi connectivity index (χ3v) is 5.41. The standard InChI is InChI=1S/C23H20ClN3O3S/c24-19-7-11-21(12-8-19)31-15-17-1-5-18(6-2-17)23(29)27-26-13-16-3-9-20(10-4-16)30-14-22(25)28/h1-13H,14-15H2,(H2,25,28)(H,27,29)/b26-13-. The lowest BCUT2D eigenvalue weighted by Crippen LogP contribution is -2.20. The highest BCUT2D eigenvalue weighted by Crippen LogP contribution is 2.24. The van der Waals surface area contributed by atoms with Crippen molar-refractivity contribution in [3.63, 3.8) is 0 Å². The zero-order valence-electron chi connectivity index (χ0n) is 16.5. The van der Waals surface area contributed by atoms with Crippen molar-refractivity contribution in [1.29, 1.82) is 0 Å². The van der Waals surface area contributed by atoms with Gasteiger partial charge in [-0.1, -0.05) is 23.7 Å². The molecule has 3 N–H and O–H groups in total. The molecule has 0 saturated heterocycles. The predicted octanol–water partition coefficient (Wildman–Crippen LogP) is 4.26. The zero-order valence-corrected chi connectivity index (χ0v) is 18.0. The van der Waals surface area contributed by atoms with Gasteiger partial charge in [0.1, 0.15) is 5.75 Å². The van der Waals surface area contributed by atoms with E-state index in [0.717, 1.165) is 21.8 Å². The molecule has 0 aromatic heterocycles. The second kappa shape index (κ2) is 11.2. The van der Waals surface area contributed by atoms with E-state index in [2.05, 4.69) is 10.5 Å². The molecular weight excluding hydrogens is 434 g/mol. The molecule has 0 radical (unpaired) electrons. The third-order valence-electron chi connectivity index (χ3n) is 4.08. The molecule has 0 saturated carbocycles. The summed E-state index contributed by atoms with van der Waals surface area (Å²) < 4.78 is 5.18. The van der Waals surface area contributed by atoms with Crippen LogP contribution >= 0.6 is 23.4 Å². The van der Waals surface area contributed by atoms with Crippen LogP contribution in [0.2, 0.25) is 5.02 Å². The average Bonchev–Trinajstić information content (AvgIpc) is 2.78. The number of hydrazone groups is 1. The van der Waals surface area contributed by atoms with E-state index in [1.54, 1.807) is 48.2 Å². The summed E-state index contributed by atoms with van der Waals surface area (Å²) in [6.45, 7) is -0.178. The molecule has 0 heterocycles. The van der Waals surface area contributed by atoms with Crippen LogP contribution in [-0.4, -0.2) is 24.6 Å². The van der Waals surface area contributed by atoms with E-state index in [1.165, 1.54) is 6.21 Å². The number of carbonyl (C=O) groups excluding carboxylic acids is 2. The molecule has 0 bridgehead atoms. The molecule has 0 aliphatic heterocycles. The Morgan fingerprint density at radius 3 is 2.32 bits per heavy atom. The Bertz CT molecular complexity index is 1050. The maximum atomic E-state index is 12.3. The Labute approximate surface area is 189 Å². The number of amides is 2. The largest absolute Gasteiger partial charge is 0.484 e. The van der Waals surface area contributed by atoms with Gasteiger partial charge in [0.15, 0.2) is 6.61 Å². The first-order chi connectivity index (χ1) is 15.0. The fourth-order valence-corrected chi connectivity index (χ4v) is 3.46. The Morgan fingerprint density at radius 2 is 1.68 bits per heavy atom. The summed E-state index contributed by atoms with van der Waals surface area (Å²) in [6.07, 6.45) is 1.52. The van der Waals surface area contributed by atoms with Gasteiger partial charge in [-0.2, -0.15) is 5.10 Å². The Balaban J connectivity index is 1.47. The number of ether oxygens (including phenoxy) is 1. The molecule has 158 valence electrons. The number of hydrogen-bond donors (Lipinski definition) is 2. The molecule has 3 rings (SSSR count). The highest BCUT2D eigenvalue weighted by atomic mass is 35.5. The molecule has 3 aromatic rings. The van der Waals surface area contributed by atoms with Gasteiger partial charge >= 0.3 is 0 Å². The van der Waals surface area contributed by atoms with E-state index >= 15 is 0 Å². The van der Waals surface area contributed by atoms with Crippen LogP contribution in [0.3, 0.4) is 0 Å². The van der Waals surface area contributed by atoms with Crippen LogP contribution < -0.4 is 15.9 Å². The second-order valence-corrected chi connectivity index (χ2v) is 7.95. The van der Waals surface area contributed by atoms with Gasteiger partial charge in [-0.15, -0.1) is 11.8 Å². The van der Waals surface area contributed by atoms with Gasteiger partial charge in [-0.05, 0) is 71.8 Å². The van der Waals surface area contributed by atoms with Crippen molar-refractivity contribution in [3.05, 3.63) is 94.5 Å². The van der Waals surface area contributed by atoms with Crippen LogP contribution in [0.15, 0.2) is 82.8 Å². The summed E-state index contributed by atoms with van der Waals surface area (Å²) in [5.41, 5.74) is 9.93. The summed E-state index contributed by atoms with van der Waals surface area (Å²) in [4.78, 5) is 24.1. The van der Waals surface area contributed by atoms with Gasteiger partial charge < -0.3 is 10.5 Å². The SMILES string of the molecule is NC(=O)COc1ccc(/C=N\NC(=O)c2ccc(CSc3ccc(Cl)cc3)cc2)cc1. The van der Waals surface area contributed by atoms with Gasteiger partial charge in [0, 0.05) is 21.2 Å². The van der Waals surface area contributed by atoms with E-state index in [9.17, 15) is 9.59 Å². The number of primary amides is 1. The smallest absolute Gasteiger partial charge is 0.271 e. The minimum atomic E-state index is -0.540. The minimum Gasteiger partial charge on any atom is -0.484 e. The molecule has 6 nitrogen and oxygen atoms in total. The van der Waals surface area contributed by atoms with Crippen molar-refractivity contribution in [2.24, 2.45) is 10.8 Å². The summed E-state index contributed by atoms with van der Waals surface area (Å²) in [5.74, 6) is 0.478. The van der Waals surface area contributed by atoms with E-state index in [1.807, 2.05) is 36.4 Å². The van der Waals surface area contributed by atoms with E-state index < -0.39 is 5.91 Å². The number of hydrogen-bond acceptors (Lipinski definition) is 5. The Hall–Kier alpha value is -3.29. The molecule has 0 unspecified atom stereocenters. The van der Waals surface area contributed by atoms with Crippen molar-refractivity contribution in [2.75, 3.05) is 6.61 Å². The van der Waals surface area contributed by atoms with Crippen molar-refractivity contribution in [2.45, 2.75) is 10.6 Å². The maximum Gasteiger partial charge on any atom is 0.271 e. The van der Waals surface area contributed by atoms with Gasteiger partial charge in [-0.25, -0.2) is 5.43 Å². The quantitative estimate of drug-likeness (QED) is 0.287. The lowest BCUT2D eigenvalue weighted by atomic mass is 10.1. The molecule has 31 heavy (non-hydrogen) atoms. The number of nitrogens with two attached hydrogens (primary N) is 1. The predicted molar refractivity (Wildman–Crippen MR) is 124 cm³/mol. The van der Waals surface area contributed by atoms with Gasteiger partial charge in [0.25, 0.3) is 11.8 Å². The van der Waals surface area contributed by atoms with Crippen molar-refractivity contribution in [1.82, 2.24) is 5.43 Å². The van der Waals surface area contributed by atoms with Crippen LogP contribution in [0.1, 0.15) is 21.5 Å². The number of benzene rings is 3. The molecule has 3 aromatic carbocycles. The maximum absolute atomic E-state index is 12.3. The molecule has 0 fully saturated rings. The molecule has 8 heteroatoms. The van der Waals surface area contributed by atoms with Crippen molar-refractivity contribution in [3.8, 4) is 5.75 Å². The van der Waals surface area contributed by atoms with E-state index in [-0.39, 0.29) is 12.5 Å². The van der Waals surface area contributed by atoms with E-state index in [0.29, 0.717) is 16.3 Å². The van der Waals surface area contributed by atoms with Crippen molar-refractivity contribution < 1.29 is 14.3 Å². The third kappa shape index (κ3) is 7.47. The van der Waals surface area contributed by atoms with Gasteiger partial charge in [-0.3, -0.25) is 9.59 Å². The average molecular weight is 454 g/mol. The van der Waals surface area contributed by atoms with Crippen LogP contribution in [0.25, 0.3) is 0 Å². The first-order valence-electron chi connectivity index (χ1n) is 9.31. The van der Waals surface area contributed by atoms with Crippen LogP contribution in [-0.2, 0) is 10.5 Å². The summed E-state index contributed by atoms with van der Waals surface area (Å²) in [5, 5.41) is 4.69. The minimum absolute atomic E-state index is 0.178. The van der Waals surface area contributed by atoms with Gasteiger partial charge in [0.2, 0.25) is 0 Å². The number of halogens is 1. The van der Waals surface area contributed by atoms with E-state index in [4.69, 9.17) is 22.1 Å². The second-order valence-electron chi connectivity index (χ2n) is 6.46. The Morgan fingerprint density at radius 1 is 1.00 bits per heavy atom. The summed E-state index contributed by atoms with van der Waals surface area (Å²) >= 11 is 7.60. The molecule has 0 atom stereocenters. The van der Waals surface area contributed by atoms with Crippen LogP contribution in [0.5, 0.6) is 5.75 Å². The normalized spacial score (nSPS) is 10.7. The number of thioether (sulfide) groups is 1. The summed E-state index contributed by atoms with van der Waals surface area (Å²) in [6, 6.07) is 22.0. The lowest BCUT2D eigenvalue weighted by molar-refractivity contribution is -0.119.